The molecule has 0 aliphatic rings. The van der Waals surface area contributed by atoms with Gasteiger partial charge in [0.1, 0.15) is 12.1 Å². The SMILES string of the molecule is CC(=O)COc1c(Cl)cc(Cl)c2ccc(C)nc12. The summed E-state index contributed by atoms with van der Waals surface area (Å²) in [6.45, 7) is 3.28. The lowest BCUT2D eigenvalue weighted by Gasteiger charge is -2.11. The Labute approximate surface area is 115 Å². The number of pyridine rings is 1. The molecule has 1 aromatic heterocycles. The Morgan fingerprint density at radius 1 is 1.33 bits per heavy atom. The van der Waals surface area contributed by atoms with Crippen LogP contribution in [0, 0.1) is 6.92 Å². The first-order chi connectivity index (χ1) is 8.49. The molecule has 0 N–H and O–H groups in total. The Morgan fingerprint density at radius 2 is 2.06 bits per heavy atom. The van der Waals surface area contributed by atoms with Gasteiger partial charge in [0, 0.05) is 11.1 Å². The highest BCUT2D eigenvalue weighted by Gasteiger charge is 2.13. The molecule has 1 aromatic carbocycles. The summed E-state index contributed by atoms with van der Waals surface area (Å²) >= 11 is 12.2. The summed E-state index contributed by atoms with van der Waals surface area (Å²) in [6, 6.07) is 5.31. The Bertz CT molecular complexity index is 626. The van der Waals surface area contributed by atoms with Crippen LogP contribution in [-0.2, 0) is 4.79 Å². The molecule has 0 bridgehead atoms. The molecule has 3 nitrogen and oxygen atoms in total. The summed E-state index contributed by atoms with van der Waals surface area (Å²) in [5.41, 5.74) is 1.40. The second kappa shape index (κ2) is 5.12. The normalized spacial score (nSPS) is 10.7. The van der Waals surface area contributed by atoms with Gasteiger partial charge in [-0.25, -0.2) is 4.98 Å². The van der Waals surface area contributed by atoms with Crippen LogP contribution in [0.4, 0.5) is 0 Å². The van der Waals surface area contributed by atoms with E-state index in [1.54, 1.807) is 6.07 Å². The van der Waals surface area contributed by atoms with Crippen LogP contribution in [0.1, 0.15) is 12.6 Å². The number of hydrogen-bond acceptors (Lipinski definition) is 3. The van der Waals surface area contributed by atoms with Crippen molar-refractivity contribution in [3.8, 4) is 5.75 Å². The number of ether oxygens (including phenoxy) is 1. The number of carbonyl (C=O) groups excluding carboxylic acids is 1. The van der Waals surface area contributed by atoms with Gasteiger partial charge in [0.25, 0.3) is 0 Å². The molecule has 94 valence electrons. The van der Waals surface area contributed by atoms with Crippen molar-refractivity contribution < 1.29 is 9.53 Å². The standard InChI is InChI=1S/C13H11Cl2NO2/c1-7-3-4-9-10(14)5-11(15)13(12(9)16-7)18-6-8(2)17/h3-5H,6H2,1-2H3. The molecule has 0 saturated heterocycles. The van der Waals surface area contributed by atoms with Gasteiger partial charge in [0.05, 0.1) is 10.0 Å². The molecule has 0 amide bonds. The van der Waals surface area contributed by atoms with Crippen LogP contribution < -0.4 is 4.74 Å². The van der Waals surface area contributed by atoms with Gasteiger partial charge in [-0.1, -0.05) is 23.2 Å². The van der Waals surface area contributed by atoms with Gasteiger partial charge in [0.15, 0.2) is 11.5 Å². The zero-order valence-electron chi connectivity index (χ0n) is 9.96. The Hall–Kier alpha value is -1.32. The molecule has 0 aliphatic heterocycles. The molecule has 0 spiro atoms. The van der Waals surface area contributed by atoms with E-state index in [0.717, 1.165) is 11.1 Å². The molecule has 0 aliphatic carbocycles. The van der Waals surface area contributed by atoms with E-state index in [4.69, 9.17) is 27.9 Å². The van der Waals surface area contributed by atoms with Crippen molar-refractivity contribution >= 4 is 39.9 Å². The number of benzene rings is 1. The number of rotatable bonds is 3. The van der Waals surface area contributed by atoms with Gasteiger partial charge >= 0.3 is 0 Å². The van der Waals surface area contributed by atoms with E-state index in [9.17, 15) is 4.79 Å². The Morgan fingerprint density at radius 3 is 2.72 bits per heavy atom. The first-order valence-electron chi connectivity index (χ1n) is 5.36. The summed E-state index contributed by atoms with van der Waals surface area (Å²) in [5.74, 6) is 0.316. The smallest absolute Gasteiger partial charge is 0.167 e. The third kappa shape index (κ3) is 2.57. The van der Waals surface area contributed by atoms with Gasteiger partial charge in [-0.15, -0.1) is 0 Å². The molecule has 1 heterocycles. The van der Waals surface area contributed by atoms with E-state index in [1.807, 2.05) is 19.1 Å². The molecule has 0 fully saturated rings. The second-order valence-corrected chi connectivity index (χ2v) is 4.82. The number of hydrogen-bond donors (Lipinski definition) is 0. The maximum Gasteiger partial charge on any atom is 0.167 e. The number of halogens is 2. The zero-order valence-corrected chi connectivity index (χ0v) is 11.5. The monoisotopic (exact) mass is 283 g/mol. The van der Waals surface area contributed by atoms with E-state index < -0.39 is 0 Å². The number of aromatic nitrogens is 1. The Kier molecular flexibility index (Phi) is 3.73. The predicted octanol–water partition coefficient (Wildman–Crippen LogP) is 3.82. The van der Waals surface area contributed by atoms with Crippen LogP contribution in [0.2, 0.25) is 10.0 Å². The van der Waals surface area contributed by atoms with Crippen molar-refractivity contribution in [2.24, 2.45) is 0 Å². The van der Waals surface area contributed by atoms with Crippen LogP contribution in [0.15, 0.2) is 18.2 Å². The topological polar surface area (TPSA) is 39.2 Å². The highest BCUT2D eigenvalue weighted by Crippen LogP contribution is 2.37. The van der Waals surface area contributed by atoms with Gasteiger partial charge < -0.3 is 4.74 Å². The number of aryl methyl sites for hydroxylation is 1. The average molecular weight is 284 g/mol. The van der Waals surface area contributed by atoms with E-state index >= 15 is 0 Å². The van der Waals surface area contributed by atoms with Crippen molar-refractivity contribution in [2.45, 2.75) is 13.8 Å². The molecular weight excluding hydrogens is 273 g/mol. The minimum absolute atomic E-state index is 0.0356. The number of carbonyl (C=O) groups is 1. The van der Waals surface area contributed by atoms with E-state index in [0.29, 0.717) is 21.3 Å². The number of Topliss-reactive ketones (excluding diaryl/α,β-unsaturated/α-hetero) is 1. The molecule has 2 rings (SSSR count). The first kappa shape index (κ1) is 13.1. The lowest BCUT2D eigenvalue weighted by molar-refractivity contribution is -0.118. The molecule has 0 atom stereocenters. The van der Waals surface area contributed by atoms with Crippen LogP contribution in [0.3, 0.4) is 0 Å². The highest BCUT2D eigenvalue weighted by atomic mass is 35.5. The fourth-order valence-corrected chi connectivity index (χ4v) is 2.17. The lowest BCUT2D eigenvalue weighted by atomic mass is 10.2. The molecule has 0 unspecified atom stereocenters. The van der Waals surface area contributed by atoms with E-state index in [1.165, 1.54) is 6.92 Å². The van der Waals surface area contributed by atoms with Gasteiger partial charge in [-0.2, -0.15) is 0 Å². The summed E-state index contributed by atoms with van der Waals surface area (Å²) in [4.78, 5) is 15.4. The summed E-state index contributed by atoms with van der Waals surface area (Å²) in [5, 5.41) is 1.62. The maximum absolute atomic E-state index is 11.0. The minimum Gasteiger partial charge on any atom is -0.482 e. The van der Waals surface area contributed by atoms with Crippen molar-refractivity contribution in [3.05, 3.63) is 33.9 Å². The molecule has 18 heavy (non-hydrogen) atoms. The molecule has 5 heteroatoms. The van der Waals surface area contributed by atoms with Crippen LogP contribution in [0.25, 0.3) is 10.9 Å². The summed E-state index contributed by atoms with van der Waals surface area (Å²) < 4.78 is 5.42. The highest BCUT2D eigenvalue weighted by molar-refractivity contribution is 6.39. The fraction of sp³-hybridized carbons (Fsp3) is 0.231. The van der Waals surface area contributed by atoms with Crippen molar-refractivity contribution in [1.82, 2.24) is 4.98 Å². The summed E-state index contributed by atoms with van der Waals surface area (Å²) in [7, 11) is 0. The number of fused-ring (bicyclic) bond motifs is 1. The summed E-state index contributed by atoms with van der Waals surface area (Å²) in [6.07, 6.45) is 0. The van der Waals surface area contributed by atoms with Crippen molar-refractivity contribution in [1.29, 1.82) is 0 Å². The number of ketones is 1. The average Bonchev–Trinajstić information content (AvgIpc) is 2.27. The fourth-order valence-electron chi connectivity index (χ4n) is 1.60. The zero-order chi connectivity index (χ0) is 13.3. The predicted molar refractivity (Wildman–Crippen MR) is 72.7 cm³/mol. The van der Waals surface area contributed by atoms with Crippen LogP contribution in [0.5, 0.6) is 5.75 Å². The van der Waals surface area contributed by atoms with Gasteiger partial charge in [-0.05, 0) is 32.0 Å². The number of nitrogens with zero attached hydrogens (tertiary/aromatic N) is 1. The quantitative estimate of drug-likeness (QED) is 0.860. The van der Waals surface area contributed by atoms with E-state index in [2.05, 4.69) is 4.98 Å². The molecule has 0 radical (unpaired) electrons. The molecule has 0 saturated carbocycles. The second-order valence-electron chi connectivity index (χ2n) is 4.01. The Balaban J connectivity index is 2.62. The van der Waals surface area contributed by atoms with Crippen molar-refractivity contribution in [3.63, 3.8) is 0 Å². The maximum atomic E-state index is 11.0. The van der Waals surface area contributed by atoms with Gasteiger partial charge in [-0.3, -0.25) is 4.79 Å². The van der Waals surface area contributed by atoms with Crippen molar-refractivity contribution in [2.75, 3.05) is 6.61 Å². The third-order valence-electron chi connectivity index (χ3n) is 2.40. The van der Waals surface area contributed by atoms with E-state index in [-0.39, 0.29) is 12.4 Å². The van der Waals surface area contributed by atoms with Gasteiger partial charge in [0.2, 0.25) is 0 Å². The van der Waals surface area contributed by atoms with Crippen LogP contribution in [-0.4, -0.2) is 17.4 Å². The molecule has 2 aromatic rings. The first-order valence-corrected chi connectivity index (χ1v) is 6.12. The minimum atomic E-state index is -0.0816. The lowest BCUT2D eigenvalue weighted by Crippen LogP contribution is -2.07. The largest absolute Gasteiger partial charge is 0.482 e. The van der Waals surface area contributed by atoms with Crippen LogP contribution >= 0.6 is 23.2 Å². The molecular formula is C13H11Cl2NO2. The third-order valence-corrected chi connectivity index (χ3v) is 2.99.